The Balaban J connectivity index is 1.41. The molecule has 3 heterocycles. The number of aryl methyl sites for hydroxylation is 1. The van der Waals surface area contributed by atoms with Crippen molar-refractivity contribution < 1.29 is 9.53 Å². The molecule has 0 radical (unpaired) electrons. The summed E-state index contributed by atoms with van der Waals surface area (Å²) in [6.07, 6.45) is 1.62. The van der Waals surface area contributed by atoms with Gasteiger partial charge in [-0.05, 0) is 32.0 Å². The van der Waals surface area contributed by atoms with Gasteiger partial charge < -0.3 is 9.64 Å². The maximum Gasteiger partial charge on any atom is 0.257 e. The molecule has 1 amide bonds. The third-order valence-electron chi connectivity index (χ3n) is 4.53. The Morgan fingerprint density at radius 1 is 1.08 bits per heavy atom. The van der Waals surface area contributed by atoms with Crippen molar-refractivity contribution in [2.24, 2.45) is 0 Å². The van der Waals surface area contributed by atoms with Crippen LogP contribution in [0.1, 0.15) is 21.7 Å². The summed E-state index contributed by atoms with van der Waals surface area (Å²) in [4.78, 5) is 18.9. The molecule has 0 unspecified atom stereocenters. The van der Waals surface area contributed by atoms with E-state index >= 15 is 0 Å². The van der Waals surface area contributed by atoms with E-state index in [9.17, 15) is 4.79 Å². The normalized spacial score (nSPS) is 14.2. The van der Waals surface area contributed by atoms with Gasteiger partial charge in [-0.15, -0.1) is 0 Å². The summed E-state index contributed by atoms with van der Waals surface area (Å²) in [6, 6.07) is 15.5. The van der Waals surface area contributed by atoms with Crippen molar-refractivity contribution in [2.45, 2.75) is 20.0 Å². The van der Waals surface area contributed by atoms with Crippen LogP contribution in [0.4, 0.5) is 0 Å². The lowest BCUT2D eigenvalue weighted by Gasteiger charge is -2.38. The molecule has 1 aromatic carbocycles. The second kappa shape index (κ2) is 6.63. The van der Waals surface area contributed by atoms with E-state index in [0.717, 1.165) is 17.1 Å². The van der Waals surface area contributed by atoms with E-state index in [1.807, 2.05) is 62.4 Å². The number of benzene rings is 1. The standard InChI is InChI=1S/C20H20N4O2/c1-14-7-6-10-19(22-14)26-17-12-23(13-17)20(25)18-11-21-24(15(18)2)16-8-4-3-5-9-16/h3-11,17H,12-13H2,1-2H3. The minimum absolute atomic E-state index is 0.0123. The predicted octanol–water partition coefficient (Wildman–Crippen LogP) is 2.79. The van der Waals surface area contributed by atoms with Crippen molar-refractivity contribution >= 4 is 5.91 Å². The van der Waals surface area contributed by atoms with Gasteiger partial charge in [-0.1, -0.05) is 24.3 Å². The van der Waals surface area contributed by atoms with Crippen molar-refractivity contribution in [3.05, 3.63) is 71.7 Å². The third-order valence-corrected chi connectivity index (χ3v) is 4.53. The molecule has 1 aliphatic heterocycles. The first-order valence-corrected chi connectivity index (χ1v) is 8.61. The number of likely N-dealkylation sites (tertiary alicyclic amines) is 1. The molecular weight excluding hydrogens is 328 g/mol. The largest absolute Gasteiger partial charge is 0.471 e. The Morgan fingerprint density at radius 2 is 1.85 bits per heavy atom. The molecule has 0 atom stereocenters. The number of ether oxygens (including phenoxy) is 1. The Bertz CT molecular complexity index is 930. The third kappa shape index (κ3) is 3.06. The number of nitrogens with zero attached hydrogens (tertiary/aromatic N) is 4. The predicted molar refractivity (Wildman–Crippen MR) is 97.6 cm³/mol. The second-order valence-electron chi connectivity index (χ2n) is 6.46. The van der Waals surface area contributed by atoms with Crippen LogP contribution in [-0.4, -0.2) is 44.8 Å². The van der Waals surface area contributed by atoms with E-state index in [4.69, 9.17) is 4.74 Å². The molecule has 0 saturated carbocycles. The topological polar surface area (TPSA) is 60.2 Å². The highest BCUT2D eigenvalue weighted by Gasteiger charge is 2.34. The summed E-state index contributed by atoms with van der Waals surface area (Å²) in [5.41, 5.74) is 3.32. The number of aromatic nitrogens is 3. The number of pyridine rings is 1. The molecule has 0 aliphatic carbocycles. The van der Waals surface area contributed by atoms with E-state index in [2.05, 4.69) is 10.1 Å². The molecule has 6 heteroatoms. The van der Waals surface area contributed by atoms with E-state index in [1.165, 1.54) is 0 Å². The highest BCUT2D eigenvalue weighted by atomic mass is 16.5. The molecular formula is C20H20N4O2. The summed E-state index contributed by atoms with van der Waals surface area (Å²) >= 11 is 0. The van der Waals surface area contributed by atoms with Gasteiger partial charge in [0.1, 0.15) is 6.10 Å². The van der Waals surface area contributed by atoms with E-state index < -0.39 is 0 Å². The maximum absolute atomic E-state index is 12.7. The quantitative estimate of drug-likeness (QED) is 0.727. The number of hydrogen-bond donors (Lipinski definition) is 0. The first kappa shape index (κ1) is 16.3. The molecule has 0 N–H and O–H groups in total. The molecule has 6 nitrogen and oxygen atoms in total. The monoisotopic (exact) mass is 348 g/mol. The summed E-state index contributed by atoms with van der Waals surface area (Å²) in [5.74, 6) is 0.594. The molecule has 132 valence electrons. The highest BCUT2D eigenvalue weighted by molar-refractivity contribution is 5.95. The van der Waals surface area contributed by atoms with Crippen LogP contribution in [0.3, 0.4) is 0 Å². The van der Waals surface area contributed by atoms with Crippen molar-refractivity contribution in [3.8, 4) is 11.6 Å². The number of rotatable bonds is 4. The molecule has 0 spiro atoms. The highest BCUT2D eigenvalue weighted by Crippen LogP contribution is 2.21. The lowest BCUT2D eigenvalue weighted by atomic mass is 10.1. The number of hydrogen-bond acceptors (Lipinski definition) is 4. The average molecular weight is 348 g/mol. The number of carbonyl (C=O) groups is 1. The van der Waals surface area contributed by atoms with Gasteiger partial charge in [0.15, 0.2) is 0 Å². The zero-order chi connectivity index (χ0) is 18.1. The zero-order valence-corrected chi connectivity index (χ0v) is 14.8. The number of carbonyl (C=O) groups excluding carboxylic acids is 1. The van der Waals surface area contributed by atoms with Gasteiger partial charge >= 0.3 is 0 Å². The van der Waals surface area contributed by atoms with Gasteiger partial charge in [0.2, 0.25) is 5.88 Å². The first-order valence-electron chi connectivity index (χ1n) is 8.61. The molecule has 4 rings (SSSR count). The number of amides is 1. The van der Waals surface area contributed by atoms with Crippen molar-refractivity contribution in [1.29, 1.82) is 0 Å². The summed E-state index contributed by atoms with van der Waals surface area (Å²) in [6.45, 7) is 4.96. The van der Waals surface area contributed by atoms with Crippen LogP contribution in [0.25, 0.3) is 5.69 Å². The van der Waals surface area contributed by atoms with Crippen molar-refractivity contribution in [2.75, 3.05) is 13.1 Å². The molecule has 1 saturated heterocycles. The minimum atomic E-state index is -0.0160. The van der Waals surface area contributed by atoms with E-state index in [0.29, 0.717) is 24.5 Å². The summed E-state index contributed by atoms with van der Waals surface area (Å²) in [5, 5.41) is 4.37. The van der Waals surface area contributed by atoms with Crippen LogP contribution in [0, 0.1) is 13.8 Å². The van der Waals surface area contributed by atoms with E-state index in [-0.39, 0.29) is 12.0 Å². The Kier molecular flexibility index (Phi) is 4.16. The lowest BCUT2D eigenvalue weighted by Crippen LogP contribution is -2.56. The van der Waals surface area contributed by atoms with Gasteiger partial charge in [0.25, 0.3) is 5.91 Å². The molecule has 1 fully saturated rings. The Morgan fingerprint density at radius 3 is 2.58 bits per heavy atom. The fourth-order valence-electron chi connectivity index (χ4n) is 3.05. The molecule has 26 heavy (non-hydrogen) atoms. The SMILES string of the molecule is Cc1cccc(OC2CN(C(=O)c3cnn(-c4ccccc4)c3C)C2)n1. The second-order valence-corrected chi connectivity index (χ2v) is 6.46. The van der Waals surface area contributed by atoms with Crippen LogP contribution < -0.4 is 4.74 Å². The van der Waals surface area contributed by atoms with E-state index in [1.54, 1.807) is 15.8 Å². The smallest absolute Gasteiger partial charge is 0.257 e. The summed E-state index contributed by atoms with van der Waals surface area (Å²) in [7, 11) is 0. The van der Waals surface area contributed by atoms with Crippen LogP contribution in [0.2, 0.25) is 0 Å². The minimum Gasteiger partial charge on any atom is -0.471 e. The van der Waals surface area contributed by atoms with Gasteiger partial charge in [-0.2, -0.15) is 5.10 Å². The fourth-order valence-corrected chi connectivity index (χ4v) is 3.05. The van der Waals surface area contributed by atoms with Gasteiger partial charge in [-0.3, -0.25) is 4.79 Å². The molecule has 3 aromatic rings. The lowest BCUT2D eigenvalue weighted by molar-refractivity contribution is 0.0159. The van der Waals surface area contributed by atoms with Gasteiger partial charge in [-0.25, -0.2) is 9.67 Å². The zero-order valence-electron chi connectivity index (χ0n) is 14.8. The van der Waals surface area contributed by atoms with Crippen LogP contribution in [-0.2, 0) is 0 Å². The summed E-state index contributed by atoms with van der Waals surface area (Å²) < 4.78 is 7.62. The van der Waals surface area contributed by atoms with Crippen molar-refractivity contribution in [1.82, 2.24) is 19.7 Å². The van der Waals surface area contributed by atoms with Crippen LogP contribution >= 0.6 is 0 Å². The maximum atomic E-state index is 12.7. The van der Waals surface area contributed by atoms with Gasteiger partial charge in [0, 0.05) is 11.8 Å². The Labute approximate surface area is 152 Å². The van der Waals surface area contributed by atoms with Gasteiger partial charge in [0.05, 0.1) is 36.2 Å². The van der Waals surface area contributed by atoms with Crippen LogP contribution in [0.15, 0.2) is 54.7 Å². The average Bonchev–Trinajstić information content (AvgIpc) is 2.99. The van der Waals surface area contributed by atoms with Crippen molar-refractivity contribution in [3.63, 3.8) is 0 Å². The number of para-hydroxylation sites is 1. The molecule has 0 bridgehead atoms. The first-order chi connectivity index (χ1) is 12.6. The molecule has 2 aromatic heterocycles. The molecule has 1 aliphatic rings. The van der Waals surface area contributed by atoms with Crippen LogP contribution in [0.5, 0.6) is 5.88 Å². The fraction of sp³-hybridized carbons (Fsp3) is 0.250. The Hall–Kier alpha value is -3.15.